The van der Waals surface area contributed by atoms with Crippen molar-refractivity contribution >= 4 is 10.1 Å². The topological polar surface area (TPSA) is 63.6 Å². The van der Waals surface area contributed by atoms with E-state index in [2.05, 4.69) is 0 Å². The molecule has 0 radical (unpaired) electrons. The lowest BCUT2D eigenvalue weighted by Crippen LogP contribution is -2.50. The van der Waals surface area contributed by atoms with Gasteiger partial charge in [-0.1, -0.05) is 0 Å². The van der Waals surface area contributed by atoms with E-state index in [4.69, 9.17) is 9.29 Å². The highest BCUT2D eigenvalue weighted by Gasteiger charge is 2.41. The molecule has 2 rings (SSSR count). The Kier molecular flexibility index (Phi) is 3.03. The molecule has 0 aliphatic carbocycles. The summed E-state index contributed by atoms with van der Waals surface area (Å²) in [4.78, 5) is 0. The summed E-state index contributed by atoms with van der Waals surface area (Å²) in [6.07, 6.45) is 3.34. The monoisotopic (exact) mass is 236 g/mol. The first-order valence-electron chi connectivity index (χ1n) is 5.41. The summed E-state index contributed by atoms with van der Waals surface area (Å²) in [5.41, 5.74) is 0. The Morgan fingerprint density at radius 2 is 1.93 bits per heavy atom. The largest absolute Gasteiger partial charge is 0.321 e. The molecule has 15 heavy (non-hydrogen) atoms. The van der Waals surface area contributed by atoms with Gasteiger partial charge in [-0.25, -0.2) is 0 Å². The van der Waals surface area contributed by atoms with Crippen LogP contribution in [0.4, 0.5) is 0 Å². The van der Waals surface area contributed by atoms with E-state index < -0.39 is 10.1 Å². The van der Waals surface area contributed by atoms with Crippen LogP contribution in [-0.4, -0.2) is 55.7 Å². The zero-order valence-electron chi connectivity index (χ0n) is 8.76. The Morgan fingerprint density at radius 3 is 2.53 bits per heavy atom. The lowest BCUT2D eigenvalue weighted by molar-refractivity contribution is -0.929. The Labute approximate surface area is 90.4 Å². The SMILES string of the molecule is O=S(=O)(O)CC1C[N+]2(CCCCC2)CO1. The van der Waals surface area contributed by atoms with Crippen molar-refractivity contribution in [1.82, 2.24) is 0 Å². The van der Waals surface area contributed by atoms with Crippen molar-refractivity contribution < 1.29 is 22.2 Å². The first-order valence-corrected chi connectivity index (χ1v) is 7.02. The second-order valence-electron chi connectivity index (χ2n) is 4.70. The lowest BCUT2D eigenvalue weighted by Gasteiger charge is -2.35. The predicted octanol–water partition coefficient (Wildman–Crippen LogP) is 0.231. The highest BCUT2D eigenvalue weighted by Crippen LogP contribution is 2.25. The number of quaternary nitrogens is 1. The van der Waals surface area contributed by atoms with Gasteiger partial charge in [0.25, 0.3) is 10.1 Å². The molecule has 0 aromatic heterocycles. The van der Waals surface area contributed by atoms with Crippen molar-refractivity contribution in [2.45, 2.75) is 25.4 Å². The number of ether oxygens (including phenoxy) is 1. The van der Waals surface area contributed by atoms with Crippen molar-refractivity contribution in [1.29, 1.82) is 0 Å². The molecule has 2 heterocycles. The van der Waals surface area contributed by atoms with Gasteiger partial charge in [0.05, 0.1) is 13.1 Å². The lowest BCUT2D eigenvalue weighted by atomic mass is 10.1. The number of rotatable bonds is 2. The normalized spacial score (nSPS) is 30.9. The van der Waals surface area contributed by atoms with Gasteiger partial charge in [-0.05, 0) is 19.3 Å². The molecule has 88 valence electrons. The molecule has 0 aromatic carbocycles. The molecule has 2 aliphatic heterocycles. The van der Waals surface area contributed by atoms with Crippen molar-refractivity contribution in [2.75, 3.05) is 32.1 Å². The van der Waals surface area contributed by atoms with Crippen molar-refractivity contribution in [2.24, 2.45) is 0 Å². The van der Waals surface area contributed by atoms with Crippen molar-refractivity contribution in [3.8, 4) is 0 Å². The summed E-state index contributed by atoms with van der Waals surface area (Å²) in [5.74, 6) is -0.257. The van der Waals surface area contributed by atoms with Crippen LogP contribution in [0.3, 0.4) is 0 Å². The first-order chi connectivity index (χ1) is 6.99. The molecule has 1 spiro atoms. The predicted molar refractivity (Wildman–Crippen MR) is 54.9 cm³/mol. The van der Waals surface area contributed by atoms with E-state index in [1.807, 2.05) is 0 Å². The molecular formula is C9H18NO4S+. The van der Waals surface area contributed by atoms with Crippen LogP contribution in [-0.2, 0) is 14.9 Å². The van der Waals surface area contributed by atoms with E-state index in [-0.39, 0.29) is 11.9 Å². The number of nitrogens with zero attached hydrogens (tertiary/aromatic N) is 1. The maximum absolute atomic E-state index is 10.7. The maximum Gasteiger partial charge on any atom is 0.267 e. The quantitative estimate of drug-likeness (QED) is 0.551. The first kappa shape index (κ1) is 11.3. The Morgan fingerprint density at radius 1 is 1.27 bits per heavy atom. The third-order valence-electron chi connectivity index (χ3n) is 3.34. The van der Waals surface area contributed by atoms with Crippen LogP contribution >= 0.6 is 0 Å². The molecule has 0 saturated carbocycles. The zero-order chi connectivity index (χ0) is 10.9. The van der Waals surface area contributed by atoms with Crippen LogP contribution in [0.1, 0.15) is 19.3 Å². The smallest absolute Gasteiger partial charge is 0.267 e. The Balaban J connectivity index is 1.93. The number of hydrogen-bond donors (Lipinski definition) is 1. The fourth-order valence-corrected chi connectivity index (χ4v) is 3.30. The molecular weight excluding hydrogens is 218 g/mol. The standard InChI is InChI=1S/C9H17NO4S/c11-15(12,13)7-9-6-10(8-14-9)4-2-1-3-5-10/h9H,1-8H2/p+1. The molecule has 5 nitrogen and oxygen atoms in total. The van der Waals surface area contributed by atoms with Crippen LogP contribution < -0.4 is 0 Å². The summed E-state index contributed by atoms with van der Waals surface area (Å²) < 4.78 is 36.5. The Bertz CT molecular complexity index is 321. The average Bonchev–Trinajstić information content (AvgIpc) is 2.47. The van der Waals surface area contributed by atoms with Gasteiger partial charge in [0.2, 0.25) is 0 Å². The van der Waals surface area contributed by atoms with E-state index in [1.54, 1.807) is 0 Å². The van der Waals surface area contributed by atoms with Crippen LogP contribution in [0.25, 0.3) is 0 Å². The molecule has 1 atom stereocenters. The summed E-state index contributed by atoms with van der Waals surface area (Å²) in [6, 6.07) is 0. The molecule has 2 aliphatic rings. The van der Waals surface area contributed by atoms with Crippen LogP contribution in [0, 0.1) is 0 Å². The van der Waals surface area contributed by atoms with Gasteiger partial charge in [-0.15, -0.1) is 0 Å². The van der Waals surface area contributed by atoms with Gasteiger partial charge in [-0.3, -0.25) is 9.04 Å². The van der Waals surface area contributed by atoms with Gasteiger partial charge in [0.1, 0.15) is 18.4 Å². The maximum atomic E-state index is 10.7. The highest BCUT2D eigenvalue weighted by molar-refractivity contribution is 7.85. The van der Waals surface area contributed by atoms with Gasteiger partial charge in [0.15, 0.2) is 6.73 Å². The van der Waals surface area contributed by atoms with Crippen molar-refractivity contribution in [3.63, 3.8) is 0 Å². The summed E-state index contributed by atoms with van der Waals surface area (Å²) >= 11 is 0. The van der Waals surface area contributed by atoms with E-state index in [0.29, 0.717) is 6.73 Å². The fourth-order valence-electron chi connectivity index (χ4n) is 2.63. The highest BCUT2D eigenvalue weighted by atomic mass is 32.2. The van der Waals surface area contributed by atoms with Crippen LogP contribution in [0.15, 0.2) is 0 Å². The minimum Gasteiger partial charge on any atom is -0.321 e. The molecule has 2 fully saturated rings. The van der Waals surface area contributed by atoms with Crippen molar-refractivity contribution in [3.05, 3.63) is 0 Å². The van der Waals surface area contributed by atoms with E-state index in [9.17, 15) is 8.42 Å². The second kappa shape index (κ2) is 4.01. The summed E-state index contributed by atoms with van der Waals surface area (Å²) in [5, 5.41) is 0. The molecule has 1 N–H and O–H groups in total. The van der Waals surface area contributed by atoms with E-state index in [1.165, 1.54) is 19.3 Å². The molecule has 6 heteroatoms. The van der Waals surface area contributed by atoms with Gasteiger partial charge in [-0.2, -0.15) is 8.42 Å². The second-order valence-corrected chi connectivity index (χ2v) is 6.20. The summed E-state index contributed by atoms with van der Waals surface area (Å²) in [7, 11) is -3.90. The van der Waals surface area contributed by atoms with E-state index in [0.717, 1.165) is 24.1 Å². The molecule has 2 saturated heterocycles. The van der Waals surface area contributed by atoms with Gasteiger partial charge >= 0.3 is 0 Å². The van der Waals surface area contributed by atoms with Crippen LogP contribution in [0.2, 0.25) is 0 Å². The minimum atomic E-state index is -3.90. The summed E-state index contributed by atoms with van der Waals surface area (Å²) in [6.45, 7) is 3.52. The fraction of sp³-hybridized carbons (Fsp3) is 1.00. The van der Waals surface area contributed by atoms with Gasteiger partial charge < -0.3 is 4.74 Å². The third-order valence-corrected chi connectivity index (χ3v) is 4.13. The molecule has 0 amide bonds. The average molecular weight is 236 g/mol. The Hall–Kier alpha value is -0.170. The molecule has 1 unspecified atom stereocenters. The van der Waals surface area contributed by atoms with Gasteiger partial charge in [0, 0.05) is 0 Å². The number of hydrogen-bond acceptors (Lipinski definition) is 3. The third kappa shape index (κ3) is 2.90. The van der Waals surface area contributed by atoms with Crippen LogP contribution in [0.5, 0.6) is 0 Å². The molecule has 0 aromatic rings. The molecule has 0 bridgehead atoms. The minimum absolute atomic E-state index is 0.257. The number of piperidine rings is 1. The van der Waals surface area contributed by atoms with E-state index >= 15 is 0 Å². The zero-order valence-corrected chi connectivity index (χ0v) is 9.58.